The third-order valence-electron chi connectivity index (χ3n) is 6.54. The molecule has 0 aromatic heterocycles. The molecule has 3 aliphatic heterocycles. The number of esters is 1. The van der Waals surface area contributed by atoms with Gasteiger partial charge in [0, 0.05) is 30.7 Å². The molecule has 3 heterocycles. The Morgan fingerprint density at radius 1 is 1.03 bits per heavy atom. The summed E-state index contributed by atoms with van der Waals surface area (Å²) in [5.74, 6) is -1.35. The molecule has 9 nitrogen and oxygen atoms in total. The second-order valence-electron chi connectivity index (χ2n) is 9.07. The highest BCUT2D eigenvalue weighted by Crippen LogP contribution is 2.41. The van der Waals surface area contributed by atoms with Gasteiger partial charge in [0.1, 0.15) is 29.1 Å². The fourth-order valence-electron chi connectivity index (χ4n) is 4.65. The maximum atomic E-state index is 13.0. The van der Waals surface area contributed by atoms with E-state index in [0.29, 0.717) is 11.3 Å². The van der Waals surface area contributed by atoms with E-state index in [1.165, 1.54) is 0 Å². The second kappa shape index (κ2) is 7.96. The molecule has 0 spiro atoms. The van der Waals surface area contributed by atoms with Gasteiger partial charge in [-0.15, -0.1) is 0 Å². The van der Waals surface area contributed by atoms with Crippen molar-refractivity contribution in [1.29, 1.82) is 0 Å². The van der Waals surface area contributed by atoms with E-state index >= 15 is 0 Å². The molecule has 0 radical (unpaired) electrons. The van der Waals surface area contributed by atoms with Gasteiger partial charge in [-0.25, -0.2) is 13.2 Å². The number of nitrogens with zero attached hydrogens (tertiary/aromatic N) is 4. The standard InChI is InChI=1S/C25H23N4O5S/c30-22-14-23-28(22)24(25(31)34-21-11-12-21)17(16-35(23,32)33)13-18-15-26-29(27-18,19-7-3-1-4-8-19)20-9-5-2-6-10-20/h1-10,15,21,23H,11-14,16H2/q+1/t23-/m0/s1. The Labute approximate surface area is 202 Å². The molecule has 1 amide bonds. The highest BCUT2D eigenvalue weighted by molar-refractivity contribution is 7.92. The van der Waals surface area contributed by atoms with E-state index in [-0.39, 0.29) is 41.0 Å². The molecule has 0 bridgehead atoms. The summed E-state index contributed by atoms with van der Waals surface area (Å²) in [5.41, 5.74) is 2.48. The summed E-state index contributed by atoms with van der Waals surface area (Å²) in [7, 11) is -3.63. The monoisotopic (exact) mass is 491 g/mol. The number of β-lactam (4-membered cyclic amide) rings is 1. The summed E-state index contributed by atoms with van der Waals surface area (Å²) in [6.07, 6.45) is 2.94. The topological polar surface area (TPSA) is 105 Å². The molecule has 4 aliphatic rings. The molecule has 1 atom stereocenters. The van der Waals surface area contributed by atoms with Crippen LogP contribution < -0.4 is 4.70 Å². The summed E-state index contributed by atoms with van der Waals surface area (Å²) in [6.45, 7) is 0. The molecule has 0 N–H and O–H groups in total. The Bertz CT molecular complexity index is 1370. The van der Waals surface area contributed by atoms with Gasteiger partial charge < -0.3 is 4.74 Å². The predicted molar refractivity (Wildman–Crippen MR) is 130 cm³/mol. The molecule has 10 heteroatoms. The largest absolute Gasteiger partial charge is 0.458 e. The van der Waals surface area contributed by atoms with Crippen molar-refractivity contribution in [2.24, 2.45) is 10.2 Å². The fraction of sp³-hybridized carbons (Fsp3) is 0.280. The molecule has 35 heavy (non-hydrogen) atoms. The van der Waals surface area contributed by atoms with Crippen LogP contribution in [0, 0.1) is 0 Å². The highest BCUT2D eigenvalue weighted by atomic mass is 32.2. The highest BCUT2D eigenvalue weighted by Gasteiger charge is 2.53. The molecule has 1 aliphatic carbocycles. The summed E-state index contributed by atoms with van der Waals surface area (Å²) >= 11 is 0. The van der Waals surface area contributed by atoms with Crippen LogP contribution in [0.25, 0.3) is 0 Å². The average molecular weight is 492 g/mol. The van der Waals surface area contributed by atoms with Gasteiger partial charge in [-0.3, -0.25) is 9.69 Å². The van der Waals surface area contributed by atoms with Crippen LogP contribution in [-0.4, -0.2) is 54.4 Å². The molecule has 1 saturated heterocycles. The lowest BCUT2D eigenvalue weighted by Crippen LogP contribution is -2.60. The van der Waals surface area contributed by atoms with Crippen LogP contribution in [-0.2, 0) is 24.2 Å². The zero-order valence-electron chi connectivity index (χ0n) is 18.8. The van der Waals surface area contributed by atoms with Crippen molar-refractivity contribution in [3.8, 4) is 0 Å². The number of ether oxygens (including phenoxy) is 1. The first kappa shape index (κ1) is 21.9. The Morgan fingerprint density at radius 2 is 1.66 bits per heavy atom. The minimum absolute atomic E-state index is 0.0495. The van der Waals surface area contributed by atoms with E-state index in [2.05, 4.69) is 0 Å². The second-order valence-corrected chi connectivity index (χ2v) is 11.2. The van der Waals surface area contributed by atoms with Gasteiger partial charge >= 0.3 is 5.97 Å². The van der Waals surface area contributed by atoms with Crippen LogP contribution >= 0.6 is 0 Å². The Morgan fingerprint density at radius 3 is 2.23 bits per heavy atom. The first-order valence-electron chi connectivity index (χ1n) is 11.5. The summed E-state index contributed by atoms with van der Waals surface area (Å²) in [5, 5.41) is 8.62. The Balaban J connectivity index is 1.42. The van der Waals surface area contributed by atoms with Crippen molar-refractivity contribution < 1.29 is 22.7 Å². The number of rotatable bonds is 6. The van der Waals surface area contributed by atoms with E-state index in [9.17, 15) is 18.0 Å². The first-order chi connectivity index (χ1) is 16.9. The normalized spacial score (nSPS) is 24.0. The lowest BCUT2D eigenvalue weighted by atomic mass is 10.0. The predicted octanol–water partition coefficient (Wildman–Crippen LogP) is 3.02. The van der Waals surface area contributed by atoms with E-state index in [4.69, 9.17) is 14.9 Å². The number of amides is 1. The SMILES string of the molecule is O=C(OC1CC1)C1=C(CC2=N[N+](c3ccccc3)(c3ccccc3)N=C2)CS(=O)(=O)[C@H]2CC(=O)N12. The summed E-state index contributed by atoms with van der Waals surface area (Å²) in [6, 6.07) is 19.1. The summed E-state index contributed by atoms with van der Waals surface area (Å²) < 4.78 is 31.1. The maximum Gasteiger partial charge on any atom is 0.355 e. The van der Waals surface area contributed by atoms with Crippen LogP contribution in [0.15, 0.2) is 82.1 Å². The average Bonchev–Trinajstić information content (AvgIpc) is 3.56. The molecular weight excluding hydrogens is 468 g/mol. The van der Waals surface area contributed by atoms with Gasteiger partial charge in [-0.2, -0.15) is 0 Å². The van der Waals surface area contributed by atoms with Crippen LogP contribution in [0.1, 0.15) is 25.7 Å². The number of fused-ring (bicyclic) bond motifs is 1. The van der Waals surface area contributed by atoms with E-state index < -0.39 is 21.2 Å². The van der Waals surface area contributed by atoms with Gasteiger partial charge in [-0.1, -0.05) is 36.4 Å². The summed E-state index contributed by atoms with van der Waals surface area (Å²) in [4.78, 5) is 26.5. The third-order valence-corrected chi connectivity index (χ3v) is 8.49. The maximum absolute atomic E-state index is 13.0. The molecule has 2 aromatic carbocycles. The van der Waals surface area contributed by atoms with Crippen LogP contribution in [0.5, 0.6) is 0 Å². The molecule has 178 valence electrons. The molecule has 2 fully saturated rings. The number of benzene rings is 2. The molecule has 1 saturated carbocycles. The van der Waals surface area contributed by atoms with Crippen molar-refractivity contribution >= 4 is 45.0 Å². The van der Waals surface area contributed by atoms with Crippen molar-refractivity contribution in [3.63, 3.8) is 0 Å². The van der Waals surface area contributed by atoms with E-state index in [0.717, 1.165) is 29.1 Å². The van der Waals surface area contributed by atoms with E-state index in [1.54, 1.807) is 6.21 Å². The minimum Gasteiger partial charge on any atom is -0.458 e. The number of para-hydroxylation sites is 2. The number of hydrogen-bond donors (Lipinski definition) is 0. The third kappa shape index (κ3) is 3.69. The van der Waals surface area contributed by atoms with Crippen LogP contribution in [0.3, 0.4) is 0 Å². The van der Waals surface area contributed by atoms with Crippen LogP contribution in [0.2, 0.25) is 0 Å². The lowest BCUT2D eigenvalue weighted by Gasteiger charge is -2.44. The van der Waals surface area contributed by atoms with Gasteiger partial charge in [0.25, 0.3) is 0 Å². The number of carbonyl (C=O) groups excluding carboxylic acids is 2. The fourth-order valence-corrected chi connectivity index (χ4v) is 6.51. The van der Waals surface area contributed by atoms with Crippen LogP contribution in [0.4, 0.5) is 11.4 Å². The smallest absolute Gasteiger partial charge is 0.355 e. The van der Waals surface area contributed by atoms with Crippen molar-refractivity contribution in [2.45, 2.75) is 37.2 Å². The Hall–Kier alpha value is -3.63. The number of sulfone groups is 1. The van der Waals surface area contributed by atoms with Crippen molar-refractivity contribution in [1.82, 2.24) is 9.60 Å². The lowest BCUT2D eigenvalue weighted by molar-refractivity contribution is -0.150. The number of hydrogen-bond acceptors (Lipinski definition) is 7. The van der Waals surface area contributed by atoms with Gasteiger partial charge in [0.05, 0.1) is 12.2 Å². The van der Waals surface area contributed by atoms with Crippen molar-refractivity contribution in [3.05, 3.63) is 71.9 Å². The van der Waals surface area contributed by atoms with Gasteiger partial charge in [0.2, 0.25) is 5.91 Å². The minimum atomic E-state index is -3.63. The Kier molecular flexibility index (Phi) is 4.97. The molecule has 6 rings (SSSR count). The molecule has 2 aromatic rings. The van der Waals surface area contributed by atoms with E-state index in [1.807, 2.05) is 60.7 Å². The van der Waals surface area contributed by atoms with Gasteiger partial charge in [0.15, 0.2) is 21.2 Å². The number of carbonyl (C=O) groups is 2. The molecule has 0 unspecified atom stereocenters. The van der Waals surface area contributed by atoms with Crippen molar-refractivity contribution in [2.75, 3.05) is 5.75 Å². The van der Waals surface area contributed by atoms with Gasteiger partial charge in [-0.05, 0) is 33.3 Å². The zero-order chi connectivity index (χ0) is 24.2. The molecular formula is C25H23N4O5S+. The quantitative estimate of drug-likeness (QED) is 0.351. The first-order valence-corrected chi connectivity index (χ1v) is 13.2. The zero-order valence-corrected chi connectivity index (χ0v) is 19.6. The number of quaternary nitrogens is 1.